The Bertz CT molecular complexity index is 1510. The first-order valence-electron chi connectivity index (χ1n) is 10.6. The number of fused-ring (bicyclic) bond motifs is 1. The lowest BCUT2D eigenvalue weighted by molar-refractivity contribution is 0.101. The van der Waals surface area contributed by atoms with Crippen molar-refractivity contribution >= 4 is 28.9 Å². The Balaban J connectivity index is 1.52. The van der Waals surface area contributed by atoms with Crippen LogP contribution >= 0.6 is 12.2 Å². The fourth-order valence-electron chi connectivity index (χ4n) is 4.26. The number of hydrogen-bond acceptors (Lipinski definition) is 4. The van der Waals surface area contributed by atoms with Gasteiger partial charge in [0.2, 0.25) is 0 Å². The molecule has 0 bridgehead atoms. The molecule has 2 aromatic heterocycles. The van der Waals surface area contributed by atoms with Gasteiger partial charge in [0.25, 0.3) is 0 Å². The zero-order chi connectivity index (χ0) is 22.9. The van der Waals surface area contributed by atoms with Crippen LogP contribution in [0.5, 0.6) is 5.75 Å². The van der Waals surface area contributed by atoms with Crippen molar-refractivity contribution in [2.75, 3.05) is 0 Å². The Hall–Kier alpha value is -3.97. The number of Topliss-reactive ketones (excluding diaryl/α,β-unsaturated/α-hetero) is 1. The molecule has 2 heterocycles. The summed E-state index contributed by atoms with van der Waals surface area (Å²) < 4.78 is 10.6. The molecule has 0 amide bonds. The third kappa shape index (κ3) is 3.76. The van der Waals surface area contributed by atoms with Crippen LogP contribution in [-0.4, -0.2) is 25.1 Å². The lowest BCUT2D eigenvalue weighted by Gasteiger charge is -2.10. The zero-order valence-electron chi connectivity index (χ0n) is 18.3. The Morgan fingerprint density at radius 3 is 2.24 bits per heavy atom. The highest BCUT2D eigenvalue weighted by molar-refractivity contribution is 7.71. The van der Waals surface area contributed by atoms with Crippen LogP contribution in [0.4, 0.5) is 0 Å². The van der Waals surface area contributed by atoms with Gasteiger partial charge in [-0.05, 0) is 68.5 Å². The summed E-state index contributed by atoms with van der Waals surface area (Å²) in [5.41, 5.74) is 4.50. The Morgan fingerprint density at radius 2 is 1.61 bits per heavy atom. The van der Waals surface area contributed by atoms with E-state index < -0.39 is 0 Å². The van der Waals surface area contributed by atoms with Gasteiger partial charge >= 0.3 is 0 Å². The standard InChI is InChI=1S/C26H22N4O2S/c1-17-25(18(2)31)22-15-21(13-14-23(22)29(17)19-9-5-3-6-10-19)32-16-24-27-28-26(33)30(24)20-11-7-4-8-12-20/h3-15H,16H2,1-2H3,(H,28,33). The number of aromatic amines is 1. The zero-order valence-corrected chi connectivity index (χ0v) is 19.1. The molecule has 0 radical (unpaired) electrons. The maximum absolute atomic E-state index is 12.5. The minimum absolute atomic E-state index is 0.0225. The average Bonchev–Trinajstić information content (AvgIpc) is 3.34. The molecule has 0 unspecified atom stereocenters. The van der Waals surface area contributed by atoms with E-state index in [1.54, 1.807) is 6.92 Å². The first-order valence-corrected chi connectivity index (χ1v) is 11.0. The highest BCUT2D eigenvalue weighted by Crippen LogP contribution is 2.32. The van der Waals surface area contributed by atoms with E-state index in [-0.39, 0.29) is 12.4 Å². The molecule has 5 aromatic rings. The number of nitrogens with zero attached hydrogens (tertiary/aromatic N) is 3. The molecule has 0 saturated carbocycles. The third-order valence-electron chi connectivity index (χ3n) is 5.67. The maximum atomic E-state index is 12.5. The van der Waals surface area contributed by atoms with Crippen LogP contribution in [0.25, 0.3) is 22.3 Å². The number of ketones is 1. The Morgan fingerprint density at radius 1 is 0.970 bits per heavy atom. The van der Waals surface area contributed by atoms with Crippen LogP contribution in [0.15, 0.2) is 78.9 Å². The van der Waals surface area contributed by atoms with Gasteiger partial charge in [-0.15, -0.1) is 0 Å². The van der Waals surface area contributed by atoms with E-state index in [0.29, 0.717) is 21.9 Å². The molecule has 164 valence electrons. The summed E-state index contributed by atoms with van der Waals surface area (Å²) >= 11 is 5.41. The molecule has 33 heavy (non-hydrogen) atoms. The molecular formula is C26H22N4O2S. The lowest BCUT2D eigenvalue weighted by atomic mass is 10.1. The molecule has 0 saturated heterocycles. The molecule has 5 rings (SSSR count). The van der Waals surface area contributed by atoms with Gasteiger partial charge in [0.05, 0.1) is 5.52 Å². The number of rotatable bonds is 6. The highest BCUT2D eigenvalue weighted by Gasteiger charge is 2.19. The molecule has 0 aliphatic rings. The van der Waals surface area contributed by atoms with E-state index in [9.17, 15) is 4.79 Å². The molecule has 0 aliphatic carbocycles. The largest absolute Gasteiger partial charge is 0.486 e. The van der Waals surface area contributed by atoms with Crippen molar-refractivity contribution in [3.8, 4) is 17.1 Å². The molecule has 0 fully saturated rings. The van der Waals surface area contributed by atoms with Crippen molar-refractivity contribution in [1.29, 1.82) is 0 Å². The Labute approximate surface area is 196 Å². The van der Waals surface area contributed by atoms with Crippen molar-refractivity contribution in [3.05, 3.63) is 101 Å². The summed E-state index contributed by atoms with van der Waals surface area (Å²) in [7, 11) is 0. The second-order valence-corrected chi connectivity index (χ2v) is 8.16. The van der Waals surface area contributed by atoms with Gasteiger partial charge in [0.15, 0.2) is 16.4 Å². The van der Waals surface area contributed by atoms with Crippen LogP contribution in [0.1, 0.15) is 28.8 Å². The van der Waals surface area contributed by atoms with Crippen molar-refractivity contribution < 1.29 is 9.53 Å². The summed E-state index contributed by atoms with van der Waals surface area (Å²) in [5, 5.41) is 8.04. The molecule has 1 N–H and O–H groups in total. The maximum Gasteiger partial charge on any atom is 0.199 e. The minimum atomic E-state index is 0.0225. The lowest BCUT2D eigenvalue weighted by Crippen LogP contribution is -2.05. The van der Waals surface area contributed by atoms with E-state index >= 15 is 0 Å². The second kappa shape index (κ2) is 8.52. The van der Waals surface area contributed by atoms with Crippen molar-refractivity contribution in [3.63, 3.8) is 0 Å². The predicted molar refractivity (Wildman–Crippen MR) is 131 cm³/mol. The molecule has 0 spiro atoms. The molecular weight excluding hydrogens is 432 g/mol. The fraction of sp³-hybridized carbons (Fsp3) is 0.115. The fourth-order valence-corrected chi connectivity index (χ4v) is 4.52. The number of carbonyl (C=O) groups excluding carboxylic acids is 1. The second-order valence-electron chi connectivity index (χ2n) is 7.77. The quantitative estimate of drug-likeness (QED) is 0.254. The first-order chi connectivity index (χ1) is 16.0. The van der Waals surface area contributed by atoms with Gasteiger partial charge in [-0.1, -0.05) is 36.4 Å². The smallest absolute Gasteiger partial charge is 0.199 e. The van der Waals surface area contributed by atoms with Gasteiger partial charge in [-0.25, -0.2) is 0 Å². The van der Waals surface area contributed by atoms with Crippen LogP contribution in [0.3, 0.4) is 0 Å². The van der Waals surface area contributed by atoms with E-state index in [1.807, 2.05) is 90.4 Å². The van der Waals surface area contributed by atoms with Crippen LogP contribution < -0.4 is 4.74 Å². The number of nitrogens with one attached hydrogen (secondary N) is 1. The number of hydrogen-bond donors (Lipinski definition) is 1. The number of ether oxygens (including phenoxy) is 1. The van der Waals surface area contributed by atoms with E-state index in [1.165, 1.54) is 0 Å². The van der Waals surface area contributed by atoms with Gasteiger partial charge in [0, 0.05) is 28.0 Å². The predicted octanol–water partition coefficient (Wildman–Crippen LogP) is 5.96. The van der Waals surface area contributed by atoms with E-state index in [2.05, 4.69) is 14.8 Å². The molecule has 6 nitrogen and oxygen atoms in total. The van der Waals surface area contributed by atoms with E-state index in [0.717, 1.165) is 28.0 Å². The van der Waals surface area contributed by atoms with Crippen molar-refractivity contribution in [2.45, 2.75) is 20.5 Å². The average molecular weight is 455 g/mol. The first kappa shape index (κ1) is 20.9. The van der Waals surface area contributed by atoms with Crippen molar-refractivity contribution in [1.82, 2.24) is 19.3 Å². The summed E-state index contributed by atoms with van der Waals surface area (Å²) in [6, 6.07) is 25.6. The number of para-hydroxylation sites is 2. The van der Waals surface area contributed by atoms with Gasteiger partial charge < -0.3 is 9.30 Å². The highest BCUT2D eigenvalue weighted by atomic mass is 32.1. The number of benzene rings is 3. The number of aromatic nitrogens is 4. The summed E-state index contributed by atoms with van der Waals surface area (Å²) in [6.45, 7) is 3.80. The molecule has 0 aliphatic heterocycles. The minimum Gasteiger partial charge on any atom is -0.486 e. The van der Waals surface area contributed by atoms with Crippen LogP contribution in [0.2, 0.25) is 0 Å². The number of H-pyrrole nitrogens is 1. The SMILES string of the molecule is CC(=O)c1c(C)n(-c2ccccc2)c2ccc(OCc3n[nH]c(=S)n3-c3ccccc3)cc12. The molecule has 7 heteroatoms. The topological polar surface area (TPSA) is 64.8 Å². The van der Waals surface area contributed by atoms with Gasteiger partial charge in [-0.3, -0.25) is 14.5 Å². The summed E-state index contributed by atoms with van der Waals surface area (Å²) in [4.78, 5) is 12.5. The van der Waals surface area contributed by atoms with Gasteiger partial charge in [-0.2, -0.15) is 5.10 Å². The Kier molecular flexibility index (Phi) is 5.40. The van der Waals surface area contributed by atoms with E-state index in [4.69, 9.17) is 17.0 Å². The third-order valence-corrected chi connectivity index (χ3v) is 5.94. The monoisotopic (exact) mass is 454 g/mol. The number of carbonyl (C=O) groups is 1. The van der Waals surface area contributed by atoms with Crippen LogP contribution in [-0.2, 0) is 6.61 Å². The normalized spacial score (nSPS) is 11.1. The molecule has 3 aromatic carbocycles. The molecule has 0 atom stereocenters. The van der Waals surface area contributed by atoms with Crippen molar-refractivity contribution in [2.24, 2.45) is 0 Å². The summed E-state index contributed by atoms with van der Waals surface area (Å²) in [5.74, 6) is 1.34. The van der Waals surface area contributed by atoms with Crippen LogP contribution in [0, 0.1) is 11.7 Å². The van der Waals surface area contributed by atoms with Gasteiger partial charge in [0.1, 0.15) is 12.4 Å². The summed E-state index contributed by atoms with van der Waals surface area (Å²) in [6.07, 6.45) is 0.